The molecule has 1 aromatic heterocycles. The van der Waals surface area contributed by atoms with Crippen LogP contribution in [0.5, 0.6) is 0 Å². The predicted octanol–water partition coefficient (Wildman–Crippen LogP) is 2.60. The molecule has 0 bridgehead atoms. The van der Waals surface area contributed by atoms with Crippen molar-refractivity contribution in [2.45, 2.75) is 64.6 Å². The van der Waals surface area contributed by atoms with Gasteiger partial charge in [-0.1, -0.05) is 44.4 Å². The van der Waals surface area contributed by atoms with E-state index in [-0.39, 0.29) is 17.9 Å². The van der Waals surface area contributed by atoms with Gasteiger partial charge < -0.3 is 11.1 Å². The number of nitrogen functional groups attached to an aromatic ring is 1. The molecule has 3 N–H and O–H groups in total. The summed E-state index contributed by atoms with van der Waals surface area (Å²) in [6.07, 6.45) is 6.98. The Hall–Kier alpha value is -2.87. The van der Waals surface area contributed by atoms with Crippen LogP contribution in [0.25, 0.3) is 0 Å². The molecule has 32 heavy (non-hydrogen) atoms. The molecule has 174 valence electrons. The van der Waals surface area contributed by atoms with Crippen LogP contribution >= 0.6 is 0 Å². The second-order valence-electron chi connectivity index (χ2n) is 8.70. The normalized spacial score (nSPS) is 14.6. The zero-order chi connectivity index (χ0) is 23.3. The van der Waals surface area contributed by atoms with E-state index >= 15 is 0 Å². The second kappa shape index (κ2) is 10.6. The van der Waals surface area contributed by atoms with Gasteiger partial charge in [0.1, 0.15) is 11.4 Å². The van der Waals surface area contributed by atoms with Gasteiger partial charge in [-0.05, 0) is 37.9 Å². The van der Waals surface area contributed by atoms with Crippen LogP contribution in [-0.4, -0.2) is 39.5 Å². The Morgan fingerprint density at radius 1 is 1.19 bits per heavy atom. The number of nitrogens with two attached hydrogens (primary N) is 1. The zero-order valence-electron chi connectivity index (χ0n) is 19.4. The summed E-state index contributed by atoms with van der Waals surface area (Å²) in [5.41, 5.74) is 6.75. The van der Waals surface area contributed by atoms with E-state index in [9.17, 15) is 14.4 Å². The van der Waals surface area contributed by atoms with Crippen molar-refractivity contribution < 1.29 is 4.79 Å². The highest BCUT2D eigenvalue weighted by molar-refractivity contribution is 6.02. The first-order valence-corrected chi connectivity index (χ1v) is 11.5. The number of rotatable bonds is 9. The number of carbonyl (C=O) groups is 1. The molecule has 0 saturated heterocycles. The summed E-state index contributed by atoms with van der Waals surface area (Å²) in [5.74, 6) is -0.486. The highest BCUT2D eigenvalue weighted by atomic mass is 16.2. The molecule has 1 saturated carbocycles. The van der Waals surface area contributed by atoms with Gasteiger partial charge in [-0.25, -0.2) is 4.79 Å². The number of ketones is 1. The molecule has 1 fully saturated rings. The number of hydrogen-bond acceptors (Lipinski definition) is 6. The molecule has 0 unspecified atom stereocenters. The summed E-state index contributed by atoms with van der Waals surface area (Å²) in [4.78, 5) is 40.3. The third-order valence-corrected chi connectivity index (χ3v) is 6.38. The summed E-state index contributed by atoms with van der Waals surface area (Å²) in [5, 5.41) is 3.19. The summed E-state index contributed by atoms with van der Waals surface area (Å²) >= 11 is 0. The summed E-state index contributed by atoms with van der Waals surface area (Å²) in [6, 6.07) is 8.50. The Balaban J connectivity index is 1.77. The quantitative estimate of drug-likeness (QED) is 0.580. The molecule has 1 heterocycles. The lowest BCUT2D eigenvalue weighted by atomic mass is 9.94. The van der Waals surface area contributed by atoms with Gasteiger partial charge in [0.25, 0.3) is 5.56 Å². The van der Waals surface area contributed by atoms with Crippen molar-refractivity contribution in [3.8, 4) is 0 Å². The molecule has 0 aliphatic heterocycles. The molecule has 1 aliphatic carbocycles. The van der Waals surface area contributed by atoms with Crippen LogP contribution in [0.4, 0.5) is 11.5 Å². The lowest BCUT2D eigenvalue weighted by molar-refractivity contribution is 0.100. The number of hydrogen-bond donors (Lipinski definition) is 2. The molecule has 1 aliphatic rings. The Kier molecular flexibility index (Phi) is 7.90. The van der Waals surface area contributed by atoms with Crippen LogP contribution in [-0.2, 0) is 20.1 Å². The third-order valence-electron chi connectivity index (χ3n) is 6.38. The highest BCUT2D eigenvalue weighted by Crippen LogP contribution is 2.25. The number of carbonyl (C=O) groups excluding carboxylic acids is 1. The fraction of sp³-hybridized carbons (Fsp3) is 0.542. The van der Waals surface area contributed by atoms with Crippen molar-refractivity contribution in [3.63, 3.8) is 0 Å². The molecular weight excluding hydrogens is 406 g/mol. The minimum Gasteiger partial charge on any atom is -0.384 e. The van der Waals surface area contributed by atoms with Crippen molar-refractivity contribution in [1.29, 1.82) is 0 Å². The molecule has 0 atom stereocenters. The van der Waals surface area contributed by atoms with E-state index in [1.807, 2.05) is 25.1 Å². The van der Waals surface area contributed by atoms with Crippen LogP contribution in [0.2, 0.25) is 0 Å². The van der Waals surface area contributed by atoms with Crippen LogP contribution in [0.3, 0.4) is 0 Å². The molecule has 2 aromatic rings. The van der Waals surface area contributed by atoms with Gasteiger partial charge in [0.15, 0.2) is 5.78 Å². The second-order valence-corrected chi connectivity index (χ2v) is 8.70. The Bertz CT molecular complexity index is 1070. The maximum Gasteiger partial charge on any atom is 0.332 e. The van der Waals surface area contributed by atoms with Gasteiger partial charge in [-0.15, -0.1) is 0 Å². The minimum absolute atomic E-state index is 0.0583. The monoisotopic (exact) mass is 441 g/mol. The summed E-state index contributed by atoms with van der Waals surface area (Å²) in [6.45, 7) is 2.96. The van der Waals surface area contributed by atoms with Crippen LogP contribution < -0.4 is 22.3 Å². The van der Waals surface area contributed by atoms with Gasteiger partial charge in [0, 0.05) is 31.9 Å². The van der Waals surface area contributed by atoms with E-state index in [0.29, 0.717) is 19.0 Å². The number of nitrogens with zero attached hydrogens (tertiary/aromatic N) is 3. The maximum absolute atomic E-state index is 13.0. The van der Waals surface area contributed by atoms with Crippen molar-refractivity contribution >= 4 is 17.3 Å². The maximum atomic E-state index is 13.0. The first-order valence-electron chi connectivity index (χ1n) is 11.5. The van der Waals surface area contributed by atoms with Gasteiger partial charge >= 0.3 is 5.69 Å². The standard InChI is InChI=1S/C24H35N5O3/c1-4-14-29-22(25)21(23(31)28(3)24(29)32)20(30)15-26-19-13-9-8-10-17(19)16-27(2)18-11-6-5-7-12-18/h8-10,13,18,26H,4-7,11-12,14-16,25H2,1-3H3. The number of benzene rings is 1. The van der Waals surface area contributed by atoms with E-state index in [0.717, 1.165) is 22.4 Å². The lowest BCUT2D eigenvalue weighted by Gasteiger charge is -2.31. The lowest BCUT2D eigenvalue weighted by Crippen LogP contribution is -2.43. The summed E-state index contributed by atoms with van der Waals surface area (Å²) < 4.78 is 2.24. The third kappa shape index (κ3) is 5.12. The van der Waals surface area contributed by atoms with Crippen molar-refractivity contribution in [1.82, 2.24) is 14.0 Å². The van der Waals surface area contributed by atoms with Crippen molar-refractivity contribution in [3.05, 3.63) is 56.2 Å². The van der Waals surface area contributed by atoms with Gasteiger partial charge in [-0.3, -0.25) is 23.6 Å². The molecule has 1 aromatic carbocycles. The van der Waals surface area contributed by atoms with Crippen LogP contribution in [0.1, 0.15) is 61.4 Å². The molecule has 8 heteroatoms. The summed E-state index contributed by atoms with van der Waals surface area (Å²) in [7, 11) is 3.52. The smallest absolute Gasteiger partial charge is 0.332 e. The van der Waals surface area contributed by atoms with Crippen molar-refractivity contribution in [2.75, 3.05) is 24.6 Å². The number of anilines is 2. The average Bonchev–Trinajstić information content (AvgIpc) is 2.80. The topological polar surface area (TPSA) is 102 Å². The number of nitrogens with one attached hydrogen (secondary N) is 1. The van der Waals surface area contributed by atoms with Gasteiger partial charge in [-0.2, -0.15) is 0 Å². The Labute approximate surface area is 189 Å². The zero-order valence-corrected chi connectivity index (χ0v) is 19.4. The van der Waals surface area contributed by atoms with Crippen LogP contribution in [0, 0.1) is 0 Å². The molecule has 0 amide bonds. The first-order chi connectivity index (χ1) is 15.3. The van der Waals surface area contributed by atoms with Crippen molar-refractivity contribution in [2.24, 2.45) is 7.05 Å². The number of para-hydroxylation sites is 1. The van der Waals surface area contributed by atoms with Crippen LogP contribution in [0.15, 0.2) is 33.9 Å². The van der Waals surface area contributed by atoms with Gasteiger partial charge in [0.05, 0.1) is 6.54 Å². The average molecular weight is 442 g/mol. The fourth-order valence-corrected chi connectivity index (χ4v) is 4.50. The number of aromatic nitrogens is 2. The molecule has 8 nitrogen and oxygen atoms in total. The molecule has 3 rings (SSSR count). The Morgan fingerprint density at radius 3 is 2.56 bits per heavy atom. The highest BCUT2D eigenvalue weighted by Gasteiger charge is 2.22. The molecular formula is C24H35N5O3. The van der Waals surface area contributed by atoms with E-state index in [4.69, 9.17) is 5.73 Å². The molecule has 0 spiro atoms. The Morgan fingerprint density at radius 2 is 1.88 bits per heavy atom. The molecule has 0 radical (unpaired) electrons. The predicted molar refractivity (Wildman–Crippen MR) is 128 cm³/mol. The first kappa shape index (κ1) is 23.8. The fourth-order valence-electron chi connectivity index (χ4n) is 4.50. The minimum atomic E-state index is -0.656. The largest absolute Gasteiger partial charge is 0.384 e. The van der Waals surface area contributed by atoms with E-state index in [2.05, 4.69) is 23.3 Å². The van der Waals surface area contributed by atoms with E-state index in [1.54, 1.807) is 0 Å². The van der Waals surface area contributed by atoms with E-state index in [1.165, 1.54) is 43.7 Å². The van der Waals surface area contributed by atoms with Gasteiger partial charge in [0.2, 0.25) is 0 Å². The SMILES string of the molecule is CCCn1c(N)c(C(=O)CNc2ccccc2CN(C)C2CCCCC2)c(=O)n(C)c1=O. The van der Waals surface area contributed by atoms with E-state index < -0.39 is 17.0 Å². The number of Topliss-reactive ketones (excluding diaryl/α,β-unsaturated/α-hetero) is 1.